The number of ether oxygens (including phenoxy) is 1. The summed E-state index contributed by atoms with van der Waals surface area (Å²) >= 11 is 0. The van der Waals surface area contributed by atoms with Crippen molar-refractivity contribution in [1.29, 1.82) is 0 Å². The van der Waals surface area contributed by atoms with Gasteiger partial charge in [0.15, 0.2) is 5.82 Å². The van der Waals surface area contributed by atoms with E-state index in [1.165, 1.54) is 0 Å². The fourth-order valence-electron chi connectivity index (χ4n) is 2.34. The Morgan fingerprint density at radius 3 is 3.21 bits per heavy atom. The van der Waals surface area contributed by atoms with Gasteiger partial charge in [-0.2, -0.15) is 4.98 Å². The maximum absolute atomic E-state index is 5.32. The zero-order valence-corrected chi connectivity index (χ0v) is 10.9. The summed E-state index contributed by atoms with van der Waals surface area (Å²) in [4.78, 5) is 4.46. The van der Waals surface area contributed by atoms with E-state index in [0.29, 0.717) is 12.3 Å². The second-order valence-electron chi connectivity index (χ2n) is 4.73. The van der Waals surface area contributed by atoms with Gasteiger partial charge in [0.25, 0.3) is 0 Å². The van der Waals surface area contributed by atoms with Crippen molar-refractivity contribution in [3.05, 3.63) is 41.5 Å². The lowest BCUT2D eigenvalue weighted by Crippen LogP contribution is -2.13. The van der Waals surface area contributed by atoms with Crippen LogP contribution in [0.5, 0.6) is 5.75 Å². The molecule has 1 aromatic heterocycles. The predicted octanol–water partition coefficient (Wildman–Crippen LogP) is 2.09. The van der Waals surface area contributed by atoms with E-state index in [9.17, 15) is 0 Å². The van der Waals surface area contributed by atoms with Crippen molar-refractivity contribution < 1.29 is 9.26 Å². The Balaban J connectivity index is 1.72. The van der Waals surface area contributed by atoms with Gasteiger partial charge in [0.05, 0.1) is 13.2 Å². The van der Waals surface area contributed by atoms with Crippen molar-refractivity contribution in [3.63, 3.8) is 0 Å². The van der Waals surface area contributed by atoms with Gasteiger partial charge in [-0.05, 0) is 37.1 Å². The zero-order valence-electron chi connectivity index (χ0n) is 10.9. The second kappa shape index (κ2) is 5.40. The van der Waals surface area contributed by atoms with Crippen molar-refractivity contribution in [1.82, 2.24) is 15.5 Å². The van der Waals surface area contributed by atoms with Crippen LogP contribution in [0.4, 0.5) is 0 Å². The van der Waals surface area contributed by atoms with Gasteiger partial charge in [-0.15, -0.1) is 0 Å². The topological polar surface area (TPSA) is 60.2 Å². The van der Waals surface area contributed by atoms with Gasteiger partial charge < -0.3 is 14.6 Å². The molecule has 1 aromatic carbocycles. The number of hydrogen-bond donors (Lipinski definition) is 1. The van der Waals surface area contributed by atoms with E-state index in [4.69, 9.17) is 9.26 Å². The molecular weight excluding hydrogens is 242 g/mol. The molecule has 0 radical (unpaired) electrons. The smallest absolute Gasteiger partial charge is 0.243 e. The predicted molar refractivity (Wildman–Crippen MR) is 70.1 cm³/mol. The van der Waals surface area contributed by atoms with Gasteiger partial charge in [-0.1, -0.05) is 17.3 Å². The molecule has 1 unspecified atom stereocenters. The number of methoxy groups -OCH3 is 1. The number of nitrogens with one attached hydrogen (secondary N) is 1. The third kappa shape index (κ3) is 2.76. The van der Waals surface area contributed by atoms with Crippen LogP contribution in [0.25, 0.3) is 0 Å². The summed E-state index contributed by atoms with van der Waals surface area (Å²) in [5.41, 5.74) is 1.12. The highest BCUT2D eigenvalue weighted by Crippen LogP contribution is 2.22. The lowest BCUT2D eigenvalue weighted by atomic mass is 10.1. The van der Waals surface area contributed by atoms with Crippen molar-refractivity contribution in [2.24, 2.45) is 0 Å². The van der Waals surface area contributed by atoms with Crippen molar-refractivity contribution in [2.75, 3.05) is 13.7 Å². The summed E-state index contributed by atoms with van der Waals surface area (Å²) in [6.45, 7) is 1.03. The summed E-state index contributed by atoms with van der Waals surface area (Å²) in [5, 5.41) is 7.40. The second-order valence-corrected chi connectivity index (χ2v) is 4.73. The van der Waals surface area contributed by atoms with Crippen LogP contribution in [0.3, 0.4) is 0 Å². The number of rotatable bonds is 4. The Morgan fingerprint density at radius 2 is 2.42 bits per heavy atom. The van der Waals surface area contributed by atoms with Crippen LogP contribution < -0.4 is 10.1 Å². The van der Waals surface area contributed by atoms with Crippen LogP contribution in [0.1, 0.15) is 36.2 Å². The highest BCUT2D eigenvalue weighted by atomic mass is 16.5. The highest BCUT2D eigenvalue weighted by molar-refractivity contribution is 5.30. The van der Waals surface area contributed by atoms with Gasteiger partial charge in [-0.25, -0.2) is 0 Å². The quantitative estimate of drug-likeness (QED) is 0.911. The molecule has 0 saturated carbocycles. The summed E-state index contributed by atoms with van der Waals surface area (Å²) in [6.07, 6.45) is 2.90. The minimum atomic E-state index is 0.228. The number of benzene rings is 1. The van der Waals surface area contributed by atoms with Crippen LogP contribution in [-0.4, -0.2) is 23.8 Å². The van der Waals surface area contributed by atoms with Crippen LogP contribution in [0.2, 0.25) is 0 Å². The van der Waals surface area contributed by atoms with E-state index in [0.717, 1.165) is 36.5 Å². The van der Waals surface area contributed by atoms with Crippen molar-refractivity contribution in [3.8, 4) is 5.75 Å². The molecule has 100 valence electrons. The van der Waals surface area contributed by atoms with E-state index < -0.39 is 0 Å². The summed E-state index contributed by atoms with van der Waals surface area (Å²) in [7, 11) is 1.66. The Bertz CT molecular complexity index is 547. The molecule has 0 amide bonds. The molecule has 1 aliphatic heterocycles. The number of aromatic nitrogens is 2. The fraction of sp³-hybridized carbons (Fsp3) is 0.429. The standard InChI is InChI=1S/C14H17N3O2/c1-18-11-5-2-4-10(8-11)9-13-16-14(19-17-13)12-6-3-7-15-12/h2,4-5,8,12,15H,3,6-7,9H2,1H3. The van der Waals surface area contributed by atoms with Gasteiger partial charge in [0.2, 0.25) is 5.89 Å². The molecule has 5 heteroatoms. The molecule has 2 aromatic rings. The molecule has 1 aliphatic rings. The van der Waals surface area contributed by atoms with Crippen molar-refractivity contribution in [2.45, 2.75) is 25.3 Å². The molecule has 1 saturated heterocycles. The monoisotopic (exact) mass is 259 g/mol. The number of nitrogens with zero attached hydrogens (tertiary/aromatic N) is 2. The Hall–Kier alpha value is -1.88. The van der Waals surface area contributed by atoms with Gasteiger partial charge in [-0.3, -0.25) is 0 Å². The van der Waals surface area contributed by atoms with E-state index in [1.54, 1.807) is 7.11 Å². The van der Waals surface area contributed by atoms with Gasteiger partial charge in [0.1, 0.15) is 5.75 Å². The summed E-state index contributed by atoms with van der Waals surface area (Å²) in [5.74, 6) is 2.27. The fourth-order valence-corrected chi connectivity index (χ4v) is 2.34. The average molecular weight is 259 g/mol. The van der Waals surface area contributed by atoms with Crippen molar-refractivity contribution >= 4 is 0 Å². The first kappa shape index (κ1) is 12.2. The van der Waals surface area contributed by atoms with E-state index in [2.05, 4.69) is 15.5 Å². The van der Waals surface area contributed by atoms with Crippen LogP contribution in [0, 0.1) is 0 Å². The first-order valence-corrected chi connectivity index (χ1v) is 6.54. The highest BCUT2D eigenvalue weighted by Gasteiger charge is 2.22. The SMILES string of the molecule is COc1cccc(Cc2noc(C3CCCN3)n2)c1. The largest absolute Gasteiger partial charge is 0.497 e. The van der Waals surface area contributed by atoms with E-state index >= 15 is 0 Å². The molecule has 3 rings (SSSR count). The number of hydrogen-bond acceptors (Lipinski definition) is 5. The molecular formula is C14H17N3O2. The first-order valence-electron chi connectivity index (χ1n) is 6.54. The van der Waals surface area contributed by atoms with Crippen LogP contribution in [0.15, 0.2) is 28.8 Å². The maximum atomic E-state index is 5.32. The Kier molecular flexibility index (Phi) is 3.46. The first-order chi connectivity index (χ1) is 9.35. The lowest BCUT2D eigenvalue weighted by molar-refractivity contribution is 0.341. The Labute approximate surface area is 112 Å². The van der Waals surface area contributed by atoms with E-state index in [-0.39, 0.29) is 6.04 Å². The minimum Gasteiger partial charge on any atom is -0.497 e. The van der Waals surface area contributed by atoms with E-state index in [1.807, 2.05) is 24.3 Å². The van der Waals surface area contributed by atoms with Gasteiger partial charge in [0, 0.05) is 6.42 Å². The maximum Gasteiger partial charge on any atom is 0.243 e. The normalized spacial score (nSPS) is 18.7. The third-order valence-corrected chi connectivity index (χ3v) is 3.34. The molecule has 5 nitrogen and oxygen atoms in total. The Morgan fingerprint density at radius 1 is 1.47 bits per heavy atom. The summed E-state index contributed by atoms with van der Waals surface area (Å²) < 4.78 is 10.5. The van der Waals surface area contributed by atoms with Crippen LogP contribution >= 0.6 is 0 Å². The lowest BCUT2D eigenvalue weighted by Gasteiger charge is -2.02. The zero-order chi connectivity index (χ0) is 13.1. The molecule has 0 spiro atoms. The molecule has 19 heavy (non-hydrogen) atoms. The average Bonchev–Trinajstić information content (AvgIpc) is 3.09. The minimum absolute atomic E-state index is 0.228. The molecule has 0 aliphatic carbocycles. The molecule has 1 atom stereocenters. The molecule has 0 bridgehead atoms. The molecule has 1 fully saturated rings. The molecule has 2 heterocycles. The molecule has 1 N–H and O–H groups in total. The summed E-state index contributed by atoms with van der Waals surface area (Å²) in [6, 6.07) is 8.14. The third-order valence-electron chi connectivity index (χ3n) is 3.34. The van der Waals surface area contributed by atoms with Crippen LogP contribution in [-0.2, 0) is 6.42 Å². The van der Waals surface area contributed by atoms with Gasteiger partial charge >= 0.3 is 0 Å².